The van der Waals surface area contributed by atoms with Crippen molar-refractivity contribution in [3.05, 3.63) is 71.3 Å². The minimum absolute atomic E-state index is 0.000948. The summed E-state index contributed by atoms with van der Waals surface area (Å²) in [5.41, 5.74) is 2.03. The first-order valence-corrected chi connectivity index (χ1v) is 19.6. The number of pyridine rings is 1. The summed E-state index contributed by atoms with van der Waals surface area (Å²) in [5.74, 6) is -3.23. The summed E-state index contributed by atoms with van der Waals surface area (Å²) in [6, 6.07) is 9.26. The van der Waals surface area contributed by atoms with Crippen molar-refractivity contribution in [3.63, 3.8) is 0 Å². The normalized spacial score (nSPS) is 24.4. The van der Waals surface area contributed by atoms with E-state index in [1.165, 1.54) is 6.07 Å². The summed E-state index contributed by atoms with van der Waals surface area (Å²) < 4.78 is 56.6. The van der Waals surface area contributed by atoms with Crippen LogP contribution in [-0.4, -0.2) is 112 Å². The van der Waals surface area contributed by atoms with Gasteiger partial charge in [-0.25, -0.2) is 4.39 Å². The molecule has 1 aliphatic carbocycles. The van der Waals surface area contributed by atoms with Crippen LogP contribution in [-0.2, 0) is 14.3 Å². The Labute approximate surface area is 320 Å². The van der Waals surface area contributed by atoms with E-state index in [4.69, 9.17) is 9.47 Å². The third-order valence-corrected chi connectivity index (χ3v) is 12.5. The molecule has 1 atom stereocenters. The van der Waals surface area contributed by atoms with Crippen LogP contribution in [0.5, 0.6) is 5.75 Å². The van der Waals surface area contributed by atoms with Gasteiger partial charge in [0.15, 0.2) is 11.6 Å². The van der Waals surface area contributed by atoms with Crippen molar-refractivity contribution in [1.29, 1.82) is 0 Å². The van der Waals surface area contributed by atoms with Crippen LogP contribution in [0, 0.1) is 5.82 Å². The molecule has 294 valence electrons. The van der Waals surface area contributed by atoms with E-state index in [1.807, 2.05) is 12.1 Å². The number of imide groups is 2. The Morgan fingerprint density at radius 2 is 1.59 bits per heavy atom. The van der Waals surface area contributed by atoms with Gasteiger partial charge < -0.3 is 14.4 Å². The zero-order valence-electron chi connectivity index (χ0n) is 30.8. The number of nitrogens with zero attached hydrogens (tertiary/aromatic N) is 5. The molecule has 1 unspecified atom stereocenters. The molecule has 5 aliphatic rings. The number of hydrogen-bond acceptors (Lipinski definition) is 9. The van der Waals surface area contributed by atoms with E-state index in [1.54, 1.807) is 18.5 Å². The number of fused-ring (bicyclic) bond motifs is 4. The Morgan fingerprint density at radius 1 is 0.839 bits per heavy atom. The average Bonchev–Trinajstić information content (AvgIpc) is 3.63. The van der Waals surface area contributed by atoms with Crippen LogP contribution in [0.3, 0.4) is 0 Å². The molecule has 4 amide bonds. The number of amides is 4. The summed E-state index contributed by atoms with van der Waals surface area (Å²) in [6.07, 6.45) is 9.45. The van der Waals surface area contributed by atoms with Crippen molar-refractivity contribution in [3.8, 4) is 5.75 Å². The maximum absolute atomic E-state index is 15.0. The minimum atomic E-state index is -2.63. The second-order valence-electron chi connectivity index (χ2n) is 15.7. The van der Waals surface area contributed by atoms with Crippen molar-refractivity contribution in [1.82, 2.24) is 29.6 Å². The van der Waals surface area contributed by atoms with E-state index < -0.39 is 42.0 Å². The highest BCUT2D eigenvalue weighted by molar-refractivity contribution is 6.23. The number of piperidine rings is 3. The van der Waals surface area contributed by atoms with Crippen molar-refractivity contribution in [2.45, 2.75) is 88.1 Å². The average molecular weight is 773 g/mol. The summed E-state index contributed by atoms with van der Waals surface area (Å²) in [6.45, 7) is 1.71. The highest BCUT2D eigenvalue weighted by Gasteiger charge is 2.45. The molecule has 9 rings (SSSR count). The number of aromatic nitrogens is 2. The SMILES string of the molecule is O=C1CCC(N2C(=O)c3cc(F)c(OCCN4CCC(O[C@H]5C[C@@H](N6CCC(c7ccc8c9cnccc9n(C(F)F)c8c7)CC6)C5)CC4)cc3C2=O)C(=O)N1. The predicted molar refractivity (Wildman–Crippen MR) is 198 cm³/mol. The molecule has 0 radical (unpaired) electrons. The number of benzene rings is 2. The molecule has 0 bridgehead atoms. The topological polar surface area (TPSA) is 126 Å². The fourth-order valence-electron chi connectivity index (χ4n) is 9.33. The molecule has 1 N–H and O–H groups in total. The third kappa shape index (κ3) is 6.72. The lowest BCUT2D eigenvalue weighted by atomic mass is 9.83. The van der Waals surface area contributed by atoms with Crippen molar-refractivity contribution >= 4 is 45.4 Å². The van der Waals surface area contributed by atoms with E-state index >= 15 is 0 Å². The fraction of sp³-hybridized carbons (Fsp3) is 0.488. The lowest BCUT2D eigenvalue weighted by Crippen LogP contribution is -2.54. The molecule has 0 spiro atoms. The first-order valence-electron chi connectivity index (χ1n) is 19.6. The number of halogens is 3. The predicted octanol–water partition coefficient (Wildman–Crippen LogP) is 5.40. The van der Waals surface area contributed by atoms with Gasteiger partial charge in [-0.15, -0.1) is 0 Å². The molecule has 1 saturated carbocycles. The first-order chi connectivity index (χ1) is 27.1. The second-order valence-corrected chi connectivity index (χ2v) is 15.7. The van der Waals surface area contributed by atoms with Gasteiger partial charge in [0.05, 0.1) is 34.4 Å². The van der Waals surface area contributed by atoms with Gasteiger partial charge in [-0.3, -0.25) is 43.8 Å². The molecular formula is C41H43F3N6O6. The van der Waals surface area contributed by atoms with Gasteiger partial charge in [0.2, 0.25) is 11.8 Å². The number of carbonyl (C=O) groups is 4. The monoisotopic (exact) mass is 772 g/mol. The van der Waals surface area contributed by atoms with Crippen LogP contribution < -0.4 is 10.1 Å². The number of carbonyl (C=O) groups excluding carboxylic acids is 4. The van der Waals surface area contributed by atoms with E-state index in [9.17, 15) is 32.3 Å². The second kappa shape index (κ2) is 14.9. The van der Waals surface area contributed by atoms with Crippen LogP contribution in [0.2, 0.25) is 0 Å². The Bertz CT molecular complexity index is 2210. The van der Waals surface area contributed by atoms with Crippen LogP contribution >= 0.6 is 0 Å². The molecule has 12 nitrogen and oxygen atoms in total. The maximum atomic E-state index is 15.0. The molecule has 3 saturated heterocycles. The zero-order valence-corrected chi connectivity index (χ0v) is 30.8. The Hall–Kier alpha value is -4.86. The van der Waals surface area contributed by atoms with Gasteiger partial charge in [-0.1, -0.05) is 12.1 Å². The lowest BCUT2D eigenvalue weighted by Gasteiger charge is -2.47. The highest BCUT2D eigenvalue weighted by atomic mass is 19.3. The van der Waals surface area contributed by atoms with Crippen LogP contribution in [0.25, 0.3) is 21.8 Å². The van der Waals surface area contributed by atoms with Gasteiger partial charge in [-0.2, -0.15) is 8.78 Å². The largest absolute Gasteiger partial charge is 0.489 e. The summed E-state index contributed by atoms with van der Waals surface area (Å²) in [7, 11) is 0. The quantitative estimate of drug-likeness (QED) is 0.211. The van der Waals surface area contributed by atoms with Gasteiger partial charge in [0.25, 0.3) is 11.8 Å². The molecule has 4 fully saturated rings. The first kappa shape index (κ1) is 36.8. The van der Waals surface area contributed by atoms with Crippen molar-refractivity contribution in [2.24, 2.45) is 0 Å². The summed E-state index contributed by atoms with van der Waals surface area (Å²) >= 11 is 0. The van der Waals surface area contributed by atoms with Crippen LogP contribution in [0.15, 0.2) is 48.8 Å². The number of alkyl halides is 2. The minimum Gasteiger partial charge on any atom is -0.489 e. The molecule has 4 aromatic rings. The zero-order chi connectivity index (χ0) is 38.7. The number of nitrogens with one attached hydrogen (secondary N) is 1. The van der Waals surface area contributed by atoms with Gasteiger partial charge in [0.1, 0.15) is 12.6 Å². The molecule has 4 aliphatic heterocycles. The highest BCUT2D eigenvalue weighted by Crippen LogP contribution is 2.39. The number of rotatable bonds is 10. The lowest BCUT2D eigenvalue weighted by molar-refractivity contribution is -0.136. The fourth-order valence-corrected chi connectivity index (χ4v) is 9.33. The maximum Gasteiger partial charge on any atom is 0.319 e. The van der Waals surface area contributed by atoms with E-state index in [-0.39, 0.29) is 48.5 Å². The van der Waals surface area contributed by atoms with Gasteiger partial charge in [0, 0.05) is 55.3 Å². The summed E-state index contributed by atoms with van der Waals surface area (Å²) in [4.78, 5) is 59.7. The van der Waals surface area contributed by atoms with Crippen molar-refractivity contribution in [2.75, 3.05) is 39.3 Å². The smallest absolute Gasteiger partial charge is 0.319 e. The van der Waals surface area contributed by atoms with Crippen molar-refractivity contribution < 1.29 is 41.8 Å². The number of likely N-dealkylation sites (tertiary alicyclic amines) is 2. The standard InChI is InChI=1S/C41H43F3N6O6/c42-32-20-29-30(40(54)50(39(29)53)34-3-4-37(51)46-38(34)52)21-36(32)55-16-15-47-11-8-26(9-12-47)56-27-18-25(19-27)48-13-6-23(7-14-48)24-1-2-28-31-22-45-10-5-33(31)49(41(43)44)35(28)17-24/h1-2,5,10,17,20-23,25-27,34,41H,3-4,6-9,11-16,18-19H2,(H,46,51,52)/t25-,27+,34?. The Balaban J connectivity index is 0.701. The van der Waals surface area contributed by atoms with Gasteiger partial charge >= 0.3 is 6.55 Å². The number of ether oxygens (including phenoxy) is 2. The van der Waals surface area contributed by atoms with E-state index in [0.29, 0.717) is 29.5 Å². The summed E-state index contributed by atoms with van der Waals surface area (Å²) in [5, 5.41) is 3.70. The molecule has 15 heteroatoms. The molecule has 6 heterocycles. The molecule has 56 heavy (non-hydrogen) atoms. The Kier molecular flexibility index (Phi) is 9.78. The molecule has 2 aromatic heterocycles. The van der Waals surface area contributed by atoms with E-state index in [0.717, 1.165) is 96.6 Å². The van der Waals surface area contributed by atoms with Gasteiger partial charge in [-0.05, 0) is 93.8 Å². The molecule has 2 aromatic carbocycles. The number of hydrogen-bond donors (Lipinski definition) is 1. The molecular weight excluding hydrogens is 729 g/mol. The van der Waals surface area contributed by atoms with Crippen LogP contribution in [0.1, 0.15) is 90.1 Å². The van der Waals surface area contributed by atoms with Crippen LogP contribution in [0.4, 0.5) is 13.2 Å². The Morgan fingerprint density at radius 3 is 2.32 bits per heavy atom. The third-order valence-electron chi connectivity index (χ3n) is 12.5. The van der Waals surface area contributed by atoms with E-state index in [2.05, 4.69) is 26.2 Å².